The highest BCUT2D eigenvalue weighted by Gasteiger charge is 2.40. The molecule has 1 spiro atoms. The van der Waals surface area contributed by atoms with Crippen molar-refractivity contribution in [3.05, 3.63) is 48.0 Å². The third kappa shape index (κ3) is 2.98. The number of piperidine rings is 1. The van der Waals surface area contributed by atoms with Crippen LogP contribution in [0.5, 0.6) is 0 Å². The van der Waals surface area contributed by atoms with Gasteiger partial charge >= 0.3 is 0 Å². The standard InChI is InChI=1S/C20H24N2O/c23-19(22-12-9-20(15-22)7-10-21-11-8-20)14-16-5-6-17-3-1-2-4-18(17)13-16/h1-6,13,21H,7-12,14-15H2. The molecule has 0 atom stereocenters. The fourth-order valence-electron chi connectivity index (χ4n) is 4.15. The Hall–Kier alpha value is -1.87. The van der Waals surface area contributed by atoms with Crippen molar-refractivity contribution in [2.45, 2.75) is 25.7 Å². The highest BCUT2D eigenvalue weighted by atomic mass is 16.2. The van der Waals surface area contributed by atoms with Crippen LogP contribution in [0.2, 0.25) is 0 Å². The lowest BCUT2D eigenvalue weighted by Gasteiger charge is -2.33. The van der Waals surface area contributed by atoms with Crippen LogP contribution in [0.3, 0.4) is 0 Å². The van der Waals surface area contributed by atoms with Crippen molar-refractivity contribution in [1.82, 2.24) is 10.2 Å². The lowest BCUT2D eigenvalue weighted by atomic mass is 9.78. The number of hydrogen-bond acceptors (Lipinski definition) is 2. The SMILES string of the molecule is O=C(Cc1ccc2ccccc2c1)N1CCC2(CCNCC2)C1. The largest absolute Gasteiger partial charge is 0.342 e. The van der Waals surface area contributed by atoms with Gasteiger partial charge in [0.05, 0.1) is 6.42 Å². The molecule has 4 rings (SSSR count). The molecule has 2 aromatic carbocycles. The van der Waals surface area contributed by atoms with E-state index in [0.717, 1.165) is 31.7 Å². The molecule has 2 heterocycles. The maximum Gasteiger partial charge on any atom is 0.227 e. The topological polar surface area (TPSA) is 32.3 Å². The Balaban J connectivity index is 1.45. The molecule has 0 aromatic heterocycles. The van der Waals surface area contributed by atoms with Gasteiger partial charge in [-0.15, -0.1) is 0 Å². The smallest absolute Gasteiger partial charge is 0.227 e. The molecular formula is C20H24N2O. The van der Waals surface area contributed by atoms with Crippen LogP contribution in [0.4, 0.5) is 0 Å². The van der Waals surface area contributed by atoms with Gasteiger partial charge in [-0.3, -0.25) is 4.79 Å². The van der Waals surface area contributed by atoms with Gasteiger partial charge in [-0.1, -0.05) is 42.5 Å². The van der Waals surface area contributed by atoms with Crippen LogP contribution in [0.15, 0.2) is 42.5 Å². The van der Waals surface area contributed by atoms with Gasteiger partial charge in [-0.2, -0.15) is 0 Å². The first-order valence-electron chi connectivity index (χ1n) is 8.70. The second-order valence-corrected chi connectivity index (χ2v) is 7.17. The van der Waals surface area contributed by atoms with Crippen molar-refractivity contribution in [2.24, 2.45) is 5.41 Å². The number of fused-ring (bicyclic) bond motifs is 1. The minimum Gasteiger partial charge on any atom is -0.342 e. The molecule has 2 aromatic rings. The van der Waals surface area contributed by atoms with Crippen LogP contribution >= 0.6 is 0 Å². The summed E-state index contributed by atoms with van der Waals surface area (Å²) in [5.41, 5.74) is 1.52. The summed E-state index contributed by atoms with van der Waals surface area (Å²) in [4.78, 5) is 14.8. The zero-order valence-electron chi connectivity index (χ0n) is 13.6. The van der Waals surface area contributed by atoms with Gasteiger partial charge in [-0.25, -0.2) is 0 Å². The first-order valence-corrected chi connectivity index (χ1v) is 8.70. The van der Waals surface area contributed by atoms with E-state index in [0.29, 0.717) is 11.8 Å². The fraction of sp³-hybridized carbons (Fsp3) is 0.450. The minimum atomic E-state index is 0.288. The first kappa shape index (κ1) is 14.7. The Morgan fingerprint density at radius 1 is 1.04 bits per heavy atom. The second kappa shape index (κ2) is 5.97. The average molecular weight is 308 g/mol. The predicted molar refractivity (Wildman–Crippen MR) is 93.4 cm³/mol. The molecule has 0 unspecified atom stereocenters. The molecule has 2 aliphatic heterocycles. The van der Waals surface area contributed by atoms with Gasteiger partial charge in [0.1, 0.15) is 0 Å². The maximum absolute atomic E-state index is 12.7. The number of carbonyl (C=O) groups is 1. The summed E-state index contributed by atoms with van der Waals surface area (Å²) in [6.45, 7) is 4.10. The molecule has 2 saturated heterocycles. The molecule has 3 heteroatoms. The second-order valence-electron chi connectivity index (χ2n) is 7.17. The number of nitrogens with zero attached hydrogens (tertiary/aromatic N) is 1. The van der Waals surface area contributed by atoms with Gasteiger partial charge in [0, 0.05) is 13.1 Å². The zero-order chi connectivity index (χ0) is 15.7. The molecule has 0 aliphatic carbocycles. The summed E-state index contributed by atoms with van der Waals surface area (Å²) in [7, 11) is 0. The summed E-state index contributed by atoms with van der Waals surface area (Å²) < 4.78 is 0. The summed E-state index contributed by atoms with van der Waals surface area (Å²) in [6, 6.07) is 14.7. The van der Waals surface area contributed by atoms with Gasteiger partial charge in [0.2, 0.25) is 5.91 Å². The van der Waals surface area contributed by atoms with Gasteiger partial charge in [-0.05, 0) is 54.1 Å². The number of benzene rings is 2. The van der Waals surface area contributed by atoms with Crippen molar-refractivity contribution < 1.29 is 4.79 Å². The molecular weight excluding hydrogens is 284 g/mol. The number of likely N-dealkylation sites (tertiary alicyclic amines) is 1. The zero-order valence-corrected chi connectivity index (χ0v) is 13.6. The highest BCUT2D eigenvalue weighted by Crippen LogP contribution is 2.38. The highest BCUT2D eigenvalue weighted by molar-refractivity contribution is 5.85. The summed E-state index contributed by atoms with van der Waals surface area (Å²) >= 11 is 0. The molecule has 0 saturated carbocycles. The number of rotatable bonds is 2. The Labute approximate surface area is 137 Å². The van der Waals surface area contributed by atoms with Crippen LogP contribution in [-0.2, 0) is 11.2 Å². The van der Waals surface area contributed by atoms with Crippen LogP contribution in [-0.4, -0.2) is 37.0 Å². The van der Waals surface area contributed by atoms with E-state index in [1.807, 2.05) is 0 Å². The number of amides is 1. The fourth-order valence-corrected chi connectivity index (χ4v) is 4.15. The third-order valence-corrected chi connectivity index (χ3v) is 5.62. The molecule has 1 amide bonds. The van der Waals surface area contributed by atoms with E-state index in [4.69, 9.17) is 0 Å². The Morgan fingerprint density at radius 3 is 2.65 bits per heavy atom. The van der Waals surface area contributed by atoms with E-state index >= 15 is 0 Å². The lowest BCUT2D eigenvalue weighted by Crippen LogP contribution is -2.40. The van der Waals surface area contributed by atoms with Gasteiger partial charge in [0.25, 0.3) is 0 Å². The quantitative estimate of drug-likeness (QED) is 0.925. The Kier molecular flexibility index (Phi) is 3.82. The van der Waals surface area contributed by atoms with Crippen molar-refractivity contribution in [2.75, 3.05) is 26.2 Å². The molecule has 3 nitrogen and oxygen atoms in total. The summed E-state index contributed by atoms with van der Waals surface area (Å²) in [5.74, 6) is 0.288. The van der Waals surface area contributed by atoms with E-state index < -0.39 is 0 Å². The van der Waals surface area contributed by atoms with Crippen LogP contribution in [0.1, 0.15) is 24.8 Å². The van der Waals surface area contributed by atoms with E-state index in [1.54, 1.807) is 0 Å². The Bertz CT molecular complexity index is 718. The number of nitrogens with one attached hydrogen (secondary N) is 1. The Morgan fingerprint density at radius 2 is 1.83 bits per heavy atom. The van der Waals surface area contributed by atoms with Crippen molar-refractivity contribution in [3.8, 4) is 0 Å². The van der Waals surface area contributed by atoms with Crippen LogP contribution in [0.25, 0.3) is 10.8 Å². The van der Waals surface area contributed by atoms with E-state index in [2.05, 4.69) is 52.7 Å². The van der Waals surface area contributed by atoms with E-state index in [1.165, 1.54) is 30.0 Å². The number of hydrogen-bond donors (Lipinski definition) is 1. The van der Waals surface area contributed by atoms with E-state index in [-0.39, 0.29) is 5.91 Å². The van der Waals surface area contributed by atoms with Crippen molar-refractivity contribution >= 4 is 16.7 Å². The van der Waals surface area contributed by atoms with Crippen LogP contribution < -0.4 is 5.32 Å². The molecule has 1 N–H and O–H groups in total. The van der Waals surface area contributed by atoms with Crippen molar-refractivity contribution in [3.63, 3.8) is 0 Å². The van der Waals surface area contributed by atoms with Gasteiger partial charge in [0.15, 0.2) is 0 Å². The monoisotopic (exact) mass is 308 g/mol. The molecule has 0 bridgehead atoms. The van der Waals surface area contributed by atoms with E-state index in [9.17, 15) is 4.79 Å². The number of carbonyl (C=O) groups excluding carboxylic acids is 1. The van der Waals surface area contributed by atoms with Gasteiger partial charge < -0.3 is 10.2 Å². The normalized spacial score (nSPS) is 20.3. The minimum absolute atomic E-state index is 0.288. The lowest BCUT2D eigenvalue weighted by molar-refractivity contribution is -0.129. The average Bonchev–Trinajstić information content (AvgIpc) is 2.99. The summed E-state index contributed by atoms with van der Waals surface area (Å²) in [6.07, 6.45) is 4.14. The molecule has 2 aliphatic rings. The maximum atomic E-state index is 12.7. The third-order valence-electron chi connectivity index (χ3n) is 5.62. The molecule has 23 heavy (non-hydrogen) atoms. The molecule has 2 fully saturated rings. The van der Waals surface area contributed by atoms with Crippen LogP contribution in [0, 0.1) is 5.41 Å². The van der Waals surface area contributed by atoms with Crippen molar-refractivity contribution in [1.29, 1.82) is 0 Å². The molecule has 120 valence electrons. The molecule has 0 radical (unpaired) electrons. The predicted octanol–water partition coefficient (Wildman–Crippen LogP) is 2.98. The first-order chi connectivity index (χ1) is 11.2. The summed E-state index contributed by atoms with van der Waals surface area (Å²) in [5, 5.41) is 5.88.